The average molecular weight is 407 g/mol. The van der Waals surface area contributed by atoms with Crippen molar-refractivity contribution < 1.29 is 14.1 Å². The van der Waals surface area contributed by atoms with Gasteiger partial charge in [0.2, 0.25) is 11.0 Å². The van der Waals surface area contributed by atoms with Crippen LogP contribution in [0.3, 0.4) is 0 Å². The zero-order valence-corrected chi connectivity index (χ0v) is 16.6. The SMILES string of the molecule is Cc1cccc(-c2noc(-c3ccccc3OCC(=O)Nc3nnc(C)s3)n2)c1. The summed E-state index contributed by atoms with van der Waals surface area (Å²) in [4.78, 5) is 16.6. The molecule has 2 heterocycles. The Morgan fingerprint density at radius 1 is 1.14 bits per heavy atom. The van der Waals surface area contributed by atoms with Crippen LogP contribution in [-0.2, 0) is 4.79 Å². The third-order valence-electron chi connectivity index (χ3n) is 3.95. The maximum Gasteiger partial charge on any atom is 0.264 e. The molecule has 0 radical (unpaired) electrons. The van der Waals surface area contributed by atoms with Crippen LogP contribution in [0.5, 0.6) is 5.75 Å². The summed E-state index contributed by atoms with van der Waals surface area (Å²) in [5.74, 6) is 0.942. The predicted molar refractivity (Wildman–Crippen MR) is 109 cm³/mol. The van der Waals surface area contributed by atoms with Crippen LogP contribution in [0.15, 0.2) is 53.1 Å². The molecule has 0 spiro atoms. The normalized spacial score (nSPS) is 10.7. The fourth-order valence-corrected chi connectivity index (χ4v) is 3.26. The van der Waals surface area contributed by atoms with Gasteiger partial charge in [-0.3, -0.25) is 10.1 Å². The largest absolute Gasteiger partial charge is 0.483 e. The molecule has 0 atom stereocenters. The highest BCUT2D eigenvalue weighted by atomic mass is 32.1. The van der Waals surface area contributed by atoms with E-state index in [-0.39, 0.29) is 12.5 Å². The zero-order chi connectivity index (χ0) is 20.2. The molecule has 0 aliphatic rings. The summed E-state index contributed by atoms with van der Waals surface area (Å²) in [5, 5.41) is 15.6. The van der Waals surface area contributed by atoms with E-state index in [0.29, 0.717) is 28.2 Å². The third-order valence-corrected chi connectivity index (χ3v) is 4.71. The Balaban J connectivity index is 1.49. The molecule has 0 aliphatic heterocycles. The summed E-state index contributed by atoms with van der Waals surface area (Å²) in [6.45, 7) is 3.63. The monoisotopic (exact) mass is 407 g/mol. The van der Waals surface area contributed by atoms with Crippen molar-refractivity contribution in [2.75, 3.05) is 11.9 Å². The Kier molecular flexibility index (Phi) is 5.30. The molecular weight excluding hydrogens is 390 g/mol. The van der Waals surface area contributed by atoms with E-state index in [1.54, 1.807) is 12.1 Å². The highest BCUT2D eigenvalue weighted by Crippen LogP contribution is 2.30. The number of amides is 1. The minimum absolute atomic E-state index is 0.186. The predicted octanol–water partition coefficient (Wildman–Crippen LogP) is 3.89. The number of carbonyl (C=O) groups is 1. The Morgan fingerprint density at radius 3 is 2.79 bits per heavy atom. The number of hydrogen-bond acceptors (Lipinski definition) is 8. The highest BCUT2D eigenvalue weighted by Gasteiger charge is 2.16. The first kappa shape index (κ1) is 18.8. The van der Waals surface area contributed by atoms with Crippen LogP contribution in [0, 0.1) is 13.8 Å². The summed E-state index contributed by atoms with van der Waals surface area (Å²) >= 11 is 1.30. The molecule has 0 saturated carbocycles. The van der Waals surface area contributed by atoms with Gasteiger partial charge in [0.05, 0.1) is 5.56 Å². The molecule has 29 heavy (non-hydrogen) atoms. The van der Waals surface area contributed by atoms with Gasteiger partial charge in [-0.15, -0.1) is 10.2 Å². The second-order valence-electron chi connectivity index (χ2n) is 6.25. The number of anilines is 1. The minimum atomic E-state index is -0.332. The molecule has 9 heteroatoms. The summed E-state index contributed by atoms with van der Waals surface area (Å²) in [6.07, 6.45) is 0. The lowest BCUT2D eigenvalue weighted by atomic mass is 10.1. The first-order valence-electron chi connectivity index (χ1n) is 8.81. The zero-order valence-electron chi connectivity index (χ0n) is 15.7. The smallest absolute Gasteiger partial charge is 0.264 e. The van der Waals surface area contributed by atoms with E-state index in [1.807, 2.05) is 50.2 Å². The molecule has 0 saturated heterocycles. The topological polar surface area (TPSA) is 103 Å². The van der Waals surface area contributed by atoms with E-state index in [0.717, 1.165) is 16.1 Å². The lowest BCUT2D eigenvalue weighted by molar-refractivity contribution is -0.118. The minimum Gasteiger partial charge on any atom is -0.483 e. The molecule has 0 bridgehead atoms. The van der Waals surface area contributed by atoms with Crippen LogP contribution >= 0.6 is 11.3 Å². The lowest BCUT2D eigenvalue weighted by Crippen LogP contribution is -2.20. The fraction of sp³-hybridized carbons (Fsp3) is 0.150. The molecule has 4 rings (SSSR count). The molecule has 146 valence electrons. The quantitative estimate of drug-likeness (QED) is 0.517. The number of aromatic nitrogens is 4. The molecule has 0 fully saturated rings. The Bertz CT molecular complexity index is 1150. The van der Waals surface area contributed by atoms with Crippen molar-refractivity contribution in [1.82, 2.24) is 20.3 Å². The number of nitrogens with zero attached hydrogens (tertiary/aromatic N) is 4. The summed E-state index contributed by atoms with van der Waals surface area (Å²) in [5.41, 5.74) is 2.58. The second-order valence-corrected chi connectivity index (χ2v) is 7.43. The Labute approximate surface area is 170 Å². The Morgan fingerprint density at radius 2 is 2.00 bits per heavy atom. The van der Waals surface area contributed by atoms with E-state index >= 15 is 0 Å². The van der Waals surface area contributed by atoms with Gasteiger partial charge >= 0.3 is 0 Å². The number of rotatable bonds is 6. The van der Waals surface area contributed by atoms with Crippen molar-refractivity contribution in [1.29, 1.82) is 0 Å². The van der Waals surface area contributed by atoms with E-state index in [1.165, 1.54) is 11.3 Å². The van der Waals surface area contributed by atoms with Crippen molar-refractivity contribution >= 4 is 22.4 Å². The van der Waals surface area contributed by atoms with Gasteiger partial charge < -0.3 is 9.26 Å². The third kappa shape index (κ3) is 4.46. The highest BCUT2D eigenvalue weighted by molar-refractivity contribution is 7.15. The maximum atomic E-state index is 12.1. The number of aryl methyl sites for hydroxylation is 2. The number of carbonyl (C=O) groups excluding carboxylic acids is 1. The van der Waals surface area contributed by atoms with Crippen molar-refractivity contribution in [3.05, 3.63) is 59.1 Å². The lowest BCUT2D eigenvalue weighted by Gasteiger charge is -2.08. The van der Waals surface area contributed by atoms with E-state index in [9.17, 15) is 4.79 Å². The fourth-order valence-electron chi connectivity index (χ4n) is 2.65. The Hall–Kier alpha value is -3.59. The molecule has 2 aromatic carbocycles. The van der Waals surface area contributed by atoms with Gasteiger partial charge in [-0.05, 0) is 32.0 Å². The number of para-hydroxylation sites is 1. The standard InChI is InChI=1S/C20H17N5O3S/c1-12-6-5-7-14(10-12)18-22-19(28-25-18)15-8-3-4-9-16(15)27-11-17(26)21-20-24-23-13(2)29-20/h3-10H,11H2,1-2H3,(H,21,24,26). The second kappa shape index (κ2) is 8.19. The van der Waals surface area contributed by atoms with Gasteiger partial charge in [0.1, 0.15) is 10.8 Å². The van der Waals surface area contributed by atoms with Crippen LogP contribution in [0.2, 0.25) is 0 Å². The number of benzene rings is 2. The summed E-state index contributed by atoms with van der Waals surface area (Å²) < 4.78 is 11.1. The molecular formula is C20H17N5O3S. The van der Waals surface area contributed by atoms with Crippen LogP contribution in [0.4, 0.5) is 5.13 Å². The first-order chi connectivity index (χ1) is 14.1. The first-order valence-corrected chi connectivity index (χ1v) is 9.63. The molecule has 1 amide bonds. The van der Waals surface area contributed by atoms with E-state index in [4.69, 9.17) is 9.26 Å². The molecule has 8 nitrogen and oxygen atoms in total. The molecule has 1 N–H and O–H groups in total. The summed E-state index contributed by atoms with van der Waals surface area (Å²) in [6, 6.07) is 15.0. The molecule has 0 aliphatic carbocycles. The summed E-state index contributed by atoms with van der Waals surface area (Å²) in [7, 11) is 0. The van der Waals surface area contributed by atoms with Gasteiger partial charge in [-0.25, -0.2) is 0 Å². The number of nitrogens with one attached hydrogen (secondary N) is 1. The average Bonchev–Trinajstić information content (AvgIpc) is 3.36. The molecule has 2 aromatic heterocycles. The van der Waals surface area contributed by atoms with Crippen LogP contribution in [0.25, 0.3) is 22.8 Å². The van der Waals surface area contributed by atoms with Gasteiger partial charge in [-0.1, -0.05) is 52.4 Å². The van der Waals surface area contributed by atoms with Crippen LogP contribution in [0.1, 0.15) is 10.6 Å². The number of hydrogen-bond donors (Lipinski definition) is 1. The van der Waals surface area contributed by atoms with Gasteiger partial charge in [0.25, 0.3) is 11.8 Å². The van der Waals surface area contributed by atoms with Crippen molar-refractivity contribution in [2.24, 2.45) is 0 Å². The van der Waals surface area contributed by atoms with Crippen molar-refractivity contribution in [3.8, 4) is 28.6 Å². The maximum absolute atomic E-state index is 12.1. The van der Waals surface area contributed by atoms with Gasteiger partial charge in [0.15, 0.2) is 6.61 Å². The van der Waals surface area contributed by atoms with Gasteiger partial charge in [0, 0.05) is 5.56 Å². The van der Waals surface area contributed by atoms with Crippen molar-refractivity contribution in [2.45, 2.75) is 13.8 Å². The van der Waals surface area contributed by atoms with Crippen molar-refractivity contribution in [3.63, 3.8) is 0 Å². The molecule has 0 unspecified atom stereocenters. The van der Waals surface area contributed by atoms with Gasteiger partial charge in [-0.2, -0.15) is 4.98 Å². The van der Waals surface area contributed by atoms with Crippen LogP contribution < -0.4 is 10.1 Å². The number of ether oxygens (including phenoxy) is 1. The van der Waals surface area contributed by atoms with E-state index in [2.05, 4.69) is 25.7 Å². The van der Waals surface area contributed by atoms with E-state index < -0.39 is 0 Å². The van der Waals surface area contributed by atoms with Crippen LogP contribution in [-0.4, -0.2) is 32.9 Å². The molecule has 4 aromatic rings.